The van der Waals surface area contributed by atoms with Gasteiger partial charge in [0.15, 0.2) is 23.2 Å². The summed E-state index contributed by atoms with van der Waals surface area (Å²) in [5.41, 5.74) is 0.0307. The van der Waals surface area contributed by atoms with Crippen LogP contribution in [0.2, 0.25) is 0 Å². The maximum Gasteiger partial charge on any atom is 0.346 e. The summed E-state index contributed by atoms with van der Waals surface area (Å²) < 4.78 is 74.9. The Balaban J connectivity index is 1.43. The van der Waals surface area contributed by atoms with E-state index in [4.69, 9.17) is 14.2 Å². The maximum absolute atomic E-state index is 14.9. The van der Waals surface area contributed by atoms with Crippen molar-refractivity contribution in [2.24, 2.45) is 0 Å². The smallest absolute Gasteiger partial charge is 0.346 e. The number of esters is 1. The Hall–Kier alpha value is -3.65. The fourth-order valence-corrected chi connectivity index (χ4v) is 4.80. The van der Waals surface area contributed by atoms with Crippen molar-refractivity contribution >= 4 is 5.97 Å². The molecule has 1 aliphatic carbocycles. The van der Waals surface area contributed by atoms with Gasteiger partial charge >= 0.3 is 5.97 Å². The molecule has 0 heterocycles. The lowest BCUT2D eigenvalue weighted by atomic mass is 9.82. The van der Waals surface area contributed by atoms with Crippen LogP contribution < -0.4 is 9.47 Å². The van der Waals surface area contributed by atoms with Crippen molar-refractivity contribution < 1.29 is 36.6 Å². The molecule has 8 heteroatoms. The van der Waals surface area contributed by atoms with Gasteiger partial charge < -0.3 is 14.2 Å². The van der Waals surface area contributed by atoms with Gasteiger partial charge in [0.25, 0.3) is 0 Å². The minimum absolute atomic E-state index is 0.0135. The molecule has 0 unspecified atom stereocenters. The molecule has 39 heavy (non-hydrogen) atoms. The van der Waals surface area contributed by atoms with E-state index in [2.05, 4.69) is 6.58 Å². The van der Waals surface area contributed by atoms with Crippen LogP contribution in [-0.2, 0) is 4.74 Å². The molecule has 0 aromatic heterocycles. The number of ether oxygens (including phenoxy) is 3. The predicted octanol–water partition coefficient (Wildman–Crippen LogP) is 8.15. The molecular weight excluding hydrogens is 512 g/mol. The van der Waals surface area contributed by atoms with Crippen molar-refractivity contribution in [3.05, 3.63) is 95.6 Å². The summed E-state index contributed by atoms with van der Waals surface area (Å²) in [6.07, 6.45) is 5.11. The van der Waals surface area contributed by atoms with E-state index in [1.807, 2.05) is 6.92 Å². The Morgan fingerprint density at radius 1 is 0.897 bits per heavy atom. The number of hydrogen-bond acceptors (Lipinski definition) is 4. The van der Waals surface area contributed by atoms with Crippen LogP contribution >= 0.6 is 0 Å². The Bertz CT molecular complexity index is 1320. The molecule has 0 amide bonds. The zero-order valence-corrected chi connectivity index (χ0v) is 21.7. The topological polar surface area (TPSA) is 44.8 Å². The summed E-state index contributed by atoms with van der Waals surface area (Å²) in [4.78, 5) is 12.6. The van der Waals surface area contributed by atoms with Crippen molar-refractivity contribution in [2.75, 3.05) is 13.2 Å². The number of carbonyl (C=O) groups is 1. The van der Waals surface area contributed by atoms with Gasteiger partial charge in [0.1, 0.15) is 5.75 Å². The molecule has 4 nitrogen and oxygen atoms in total. The average Bonchev–Trinajstić information content (AvgIpc) is 2.94. The van der Waals surface area contributed by atoms with E-state index in [1.54, 1.807) is 6.08 Å². The largest absolute Gasteiger partial charge is 0.490 e. The van der Waals surface area contributed by atoms with Gasteiger partial charge in [-0.2, -0.15) is 4.39 Å². The van der Waals surface area contributed by atoms with Gasteiger partial charge in [-0.3, -0.25) is 0 Å². The number of hydrogen-bond donors (Lipinski definition) is 0. The van der Waals surface area contributed by atoms with Crippen LogP contribution in [0.1, 0.15) is 60.9 Å². The Morgan fingerprint density at radius 2 is 1.62 bits per heavy atom. The summed E-state index contributed by atoms with van der Waals surface area (Å²) in [7, 11) is 0. The van der Waals surface area contributed by atoms with Crippen LogP contribution in [0.4, 0.5) is 17.6 Å². The lowest BCUT2D eigenvalue weighted by molar-refractivity contribution is 0.0325. The average molecular weight is 543 g/mol. The van der Waals surface area contributed by atoms with Gasteiger partial charge in [-0.05, 0) is 86.4 Å². The second kappa shape index (κ2) is 12.9. The van der Waals surface area contributed by atoms with Crippen LogP contribution in [-0.4, -0.2) is 25.3 Å². The third kappa shape index (κ3) is 6.50. The number of halogens is 4. The van der Waals surface area contributed by atoms with Crippen molar-refractivity contribution in [3.8, 4) is 22.6 Å². The lowest BCUT2D eigenvalue weighted by Crippen LogP contribution is -2.22. The van der Waals surface area contributed by atoms with E-state index in [0.29, 0.717) is 31.4 Å². The van der Waals surface area contributed by atoms with E-state index in [-0.39, 0.29) is 41.3 Å². The molecular formula is C31H30F4O4. The number of rotatable bonds is 10. The van der Waals surface area contributed by atoms with Gasteiger partial charge in [-0.1, -0.05) is 24.3 Å². The molecule has 0 bridgehead atoms. The molecule has 0 saturated heterocycles. The SMILES string of the molecule is C=CCCOc1ccc(-c2ccc(OC(=O)c3ccc(C4CCC(OCC)CC4)c(F)c3F)cc2)c(F)c1F. The minimum atomic E-state index is -1.26. The van der Waals surface area contributed by atoms with Crippen LogP contribution in [0.15, 0.2) is 61.2 Å². The molecule has 0 N–H and O–H groups in total. The summed E-state index contributed by atoms with van der Waals surface area (Å²) >= 11 is 0. The zero-order chi connectivity index (χ0) is 27.9. The molecule has 3 aromatic carbocycles. The fourth-order valence-electron chi connectivity index (χ4n) is 4.80. The fraction of sp³-hybridized carbons (Fsp3) is 0.323. The maximum atomic E-state index is 14.9. The second-order valence-electron chi connectivity index (χ2n) is 9.34. The van der Waals surface area contributed by atoms with Crippen LogP contribution in [0.3, 0.4) is 0 Å². The minimum Gasteiger partial charge on any atom is -0.490 e. The lowest BCUT2D eigenvalue weighted by Gasteiger charge is -2.29. The number of carbonyl (C=O) groups excluding carboxylic acids is 1. The molecule has 4 rings (SSSR count). The summed E-state index contributed by atoms with van der Waals surface area (Å²) in [6, 6.07) is 11.0. The van der Waals surface area contributed by atoms with Gasteiger partial charge in [0.2, 0.25) is 5.82 Å². The van der Waals surface area contributed by atoms with E-state index in [1.165, 1.54) is 48.5 Å². The van der Waals surface area contributed by atoms with Crippen LogP contribution in [0.25, 0.3) is 11.1 Å². The van der Waals surface area contributed by atoms with Crippen molar-refractivity contribution in [1.82, 2.24) is 0 Å². The normalized spacial score (nSPS) is 17.1. The molecule has 0 radical (unpaired) electrons. The van der Waals surface area contributed by atoms with Crippen molar-refractivity contribution in [3.63, 3.8) is 0 Å². The second-order valence-corrected chi connectivity index (χ2v) is 9.34. The Morgan fingerprint density at radius 3 is 2.28 bits per heavy atom. The Kier molecular flexibility index (Phi) is 9.41. The quantitative estimate of drug-likeness (QED) is 0.0853. The predicted molar refractivity (Wildman–Crippen MR) is 140 cm³/mol. The van der Waals surface area contributed by atoms with E-state index < -0.39 is 34.8 Å². The standard InChI is InChI=1S/C31H30F4O4/c1-3-5-18-38-26-17-16-24(28(33)30(26)35)20-8-12-22(13-9-20)39-31(36)25-15-14-23(27(32)29(25)34)19-6-10-21(11-7-19)37-4-2/h3,8-9,12-17,19,21H,1,4-7,10-11,18H2,2H3. The highest BCUT2D eigenvalue weighted by Crippen LogP contribution is 2.37. The first-order valence-electron chi connectivity index (χ1n) is 13.0. The van der Waals surface area contributed by atoms with Crippen molar-refractivity contribution in [1.29, 1.82) is 0 Å². The molecule has 3 aromatic rings. The molecule has 1 fully saturated rings. The first-order valence-corrected chi connectivity index (χ1v) is 13.0. The highest BCUT2D eigenvalue weighted by Gasteiger charge is 2.28. The first-order chi connectivity index (χ1) is 18.8. The molecule has 0 aliphatic heterocycles. The van der Waals surface area contributed by atoms with Gasteiger partial charge in [0.05, 0.1) is 18.3 Å². The third-order valence-corrected chi connectivity index (χ3v) is 6.85. The van der Waals surface area contributed by atoms with Gasteiger partial charge in [-0.25, -0.2) is 18.0 Å². The van der Waals surface area contributed by atoms with Gasteiger partial charge in [0, 0.05) is 12.2 Å². The van der Waals surface area contributed by atoms with Crippen LogP contribution in [0.5, 0.6) is 11.5 Å². The highest BCUT2D eigenvalue weighted by molar-refractivity contribution is 5.91. The Labute approximate surface area is 225 Å². The molecule has 206 valence electrons. The van der Waals surface area contributed by atoms with E-state index in [0.717, 1.165) is 12.8 Å². The van der Waals surface area contributed by atoms with Gasteiger partial charge in [-0.15, -0.1) is 6.58 Å². The first kappa shape index (κ1) is 28.4. The monoisotopic (exact) mass is 542 g/mol. The summed E-state index contributed by atoms with van der Waals surface area (Å²) in [5.74, 6) is -5.89. The molecule has 1 saturated carbocycles. The zero-order valence-electron chi connectivity index (χ0n) is 21.7. The molecule has 0 spiro atoms. The van der Waals surface area contributed by atoms with E-state index in [9.17, 15) is 22.4 Å². The van der Waals surface area contributed by atoms with Crippen LogP contribution in [0, 0.1) is 23.3 Å². The van der Waals surface area contributed by atoms with E-state index >= 15 is 0 Å². The summed E-state index contributed by atoms with van der Waals surface area (Å²) in [5, 5.41) is 0. The highest BCUT2D eigenvalue weighted by atomic mass is 19.2. The summed E-state index contributed by atoms with van der Waals surface area (Å²) in [6.45, 7) is 6.26. The van der Waals surface area contributed by atoms with Crippen molar-refractivity contribution in [2.45, 2.75) is 51.0 Å². The number of benzene rings is 3. The third-order valence-electron chi connectivity index (χ3n) is 6.85. The molecule has 1 aliphatic rings. The molecule has 0 atom stereocenters.